The Morgan fingerprint density at radius 3 is 2.65 bits per heavy atom. The van der Waals surface area contributed by atoms with Crippen molar-refractivity contribution in [3.05, 3.63) is 11.6 Å². The smallest absolute Gasteiger partial charge is 0.0809 e. The van der Waals surface area contributed by atoms with Crippen molar-refractivity contribution in [3.8, 4) is 0 Å². The molecule has 0 radical (unpaired) electrons. The molecule has 2 atom stereocenters. The number of hydrogen-bond donors (Lipinski definition) is 3. The average Bonchev–Trinajstić information content (AvgIpc) is 2.28. The van der Waals surface area contributed by atoms with E-state index >= 15 is 0 Å². The van der Waals surface area contributed by atoms with Gasteiger partial charge in [-0.15, -0.1) is 0 Å². The fraction of sp³-hybridized carbons (Fsp3) is 0.857. The molecular weight excluding hydrogens is 214 g/mol. The van der Waals surface area contributed by atoms with Crippen molar-refractivity contribution in [1.82, 2.24) is 5.32 Å². The highest BCUT2D eigenvalue weighted by atomic mass is 16.3. The van der Waals surface area contributed by atoms with Gasteiger partial charge in [0.1, 0.15) is 0 Å². The Labute approximate surface area is 105 Å². The molecular formula is C14H27NO2. The minimum Gasteiger partial charge on any atom is -0.392 e. The molecule has 1 saturated heterocycles. The molecule has 0 amide bonds. The highest BCUT2D eigenvalue weighted by Crippen LogP contribution is 2.26. The van der Waals surface area contributed by atoms with Gasteiger partial charge < -0.3 is 15.5 Å². The van der Waals surface area contributed by atoms with Crippen molar-refractivity contribution in [2.45, 2.75) is 58.1 Å². The van der Waals surface area contributed by atoms with E-state index in [2.05, 4.69) is 25.2 Å². The summed E-state index contributed by atoms with van der Waals surface area (Å²) in [5.74, 6) is 0.410. The first-order valence-electron chi connectivity index (χ1n) is 6.72. The van der Waals surface area contributed by atoms with Crippen molar-refractivity contribution in [2.75, 3.05) is 13.2 Å². The molecule has 0 unspecified atom stereocenters. The molecule has 3 nitrogen and oxygen atoms in total. The number of nitrogens with one attached hydrogen (secondary N) is 1. The van der Waals surface area contributed by atoms with Crippen LogP contribution in [-0.2, 0) is 0 Å². The van der Waals surface area contributed by atoms with E-state index in [0.717, 1.165) is 18.5 Å². The van der Waals surface area contributed by atoms with Crippen LogP contribution in [0.15, 0.2) is 11.6 Å². The molecule has 0 aromatic heterocycles. The van der Waals surface area contributed by atoms with Gasteiger partial charge in [-0.3, -0.25) is 0 Å². The van der Waals surface area contributed by atoms with Crippen molar-refractivity contribution in [3.63, 3.8) is 0 Å². The molecule has 3 N–H and O–H groups in total. The van der Waals surface area contributed by atoms with Crippen LogP contribution in [-0.4, -0.2) is 35.0 Å². The monoisotopic (exact) mass is 241 g/mol. The summed E-state index contributed by atoms with van der Waals surface area (Å²) < 4.78 is 0. The lowest BCUT2D eigenvalue weighted by molar-refractivity contribution is 0.00834. The molecule has 100 valence electrons. The van der Waals surface area contributed by atoms with Gasteiger partial charge in [-0.25, -0.2) is 0 Å². The highest BCUT2D eigenvalue weighted by molar-refractivity contribution is 5.09. The van der Waals surface area contributed by atoms with Gasteiger partial charge in [-0.05, 0) is 37.8 Å². The summed E-state index contributed by atoms with van der Waals surface area (Å²) in [5, 5.41) is 23.3. The second kappa shape index (κ2) is 6.53. The van der Waals surface area contributed by atoms with Crippen molar-refractivity contribution >= 4 is 0 Å². The Morgan fingerprint density at radius 2 is 2.18 bits per heavy atom. The van der Waals surface area contributed by atoms with Gasteiger partial charge in [0, 0.05) is 12.5 Å². The summed E-state index contributed by atoms with van der Waals surface area (Å²) in [7, 11) is 0. The number of hydrogen-bond acceptors (Lipinski definition) is 3. The fourth-order valence-electron chi connectivity index (χ4n) is 2.60. The summed E-state index contributed by atoms with van der Waals surface area (Å²) in [4.78, 5) is 0. The zero-order chi connectivity index (χ0) is 12.9. The van der Waals surface area contributed by atoms with Gasteiger partial charge in [-0.2, -0.15) is 0 Å². The Bertz CT molecular complexity index is 253. The third kappa shape index (κ3) is 4.78. The van der Waals surface area contributed by atoms with E-state index in [4.69, 9.17) is 0 Å². The van der Waals surface area contributed by atoms with Crippen LogP contribution in [0.3, 0.4) is 0 Å². The Kier molecular flexibility index (Phi) is 5.63. The standard InChI is InChI=1S/C14H27NO2/c1-11(2)8-12(10-16)9-14(3,17)13-6-4-5-7-15-13/h8,11,13,15-17H,4-7,9-10H2,1-3H3/b12-8-/t13-,14-/m0/s1. The van der Waals surface area contributed by atoms with Crippen LogP contribution >= 0.6 is 0 Å². The van der Waals surface area contributed by atoms with E-state index in [1.807, 2.05) is 6.92 Å². The molecule has 0 aromatic rings. The quantitative estimate of drug-likeness (QED) is 0.644. The van der Waals surface area contributed by atoms with E-state index in [1.165, 1.54) is 12.8 Å². The van der Waals surface area contributed by atoms with Crippen LogP contribution < -0.4 is 5.32 Å². The number of allylic oxidation sites excluding steroid dienone is 1. The van der Waals surface area contributed by atoms with Crippen molar-refractivity contribution < 1.29 is 10.2 Å². The summed E-state index contributed by atoms with van der Waals surface area (Å²) in [6, 6.07) is 0.151. The lowest BCUT2D eigenvalue weighted by Crippen LogP contribution is -2.51. The molecule has 0 aromatic carbocycles. The first-order valence-corrected chi connectivity index (χ1v) is 6.72. The van der Waals surface area contributed by atoms with Crippen molar-refractivity contribution in [2.24, 2.45) is 5.92 Å². The summed E-state index contributed by atoms with van der Waals surface area (Å²) in [6.45, 7) is 7.08. The number of piperidine rings is 1. The molecule has 3 heteroatoms. The second-order valence-electron chi connectivity index (χ2n) is 5.76. The third-order valence-electron chi connectivity index (χ3n) is 3.42. The lowest BCUT2D eigenvalue weighted by Gasteiger charge is -2.37. The first kappa shape index (κ1) is 14.7. The predicted molar refractivity (Wildman–Crippen MR) is 70.9 cm³/mol. The second-order valence-corrected chi connectivity index (χ2v) is 5.76. The molecule has 1 rings (SSSR count). The van der Waals surface area contributed by atoms with Crippen LogP contribution in [0.1, 0.15) is 46.5 Å². The highest BCUT2D eigenvalue weighted by Gasteiger charge is 2.33. The molecule has 1 aliphatic rings. The Balaban J connectivity index is 2.62. The van der Waals surface area contributed by atoms with Crippen LogP contribution in [0.5, 0.6) is 0 Å². The minimum atomic E-state index is -0.760. The van der Waals surface area contributed by atoms with Crippen LogP contribution in [0, 0.1) is 5.92 Å². The predicted octanol–water partition coefficient (Wildman–Crippen LogP) is 1.84. The largest absolute Gasteiger partial charge is 0.392 e. The Morgan fingerprint density at radius 1 is 1.47 bits per heavy atom. The summed E-state index contributed by atoms with van der Waals surface area (Å²) >= 11 is 0. The van der Waals surface area contributed by atoms with E-state index in [-0.39, 0.29) is 12.6 Å². The summed E-state index contributed by atoms with van der Waals surface area (Å²) in [5.41, 5.74) is 0.182. The molecule has 0 bridgehead atoms. The maximum atomic E-state index is 10.5. The molecule has 1 heterocycles. The van der Waals surface area contributed by atoms with Gasteiger partial charge >= 0.3 is 0 Å². The number of aliphatic hydroxyl groups is 2. The van der Waals surface area contributed by atoms with E-state index in [0.29, 0.717) is 12.3 Å². The number of aliphatic hydroxyl groups excluding tert-OH is 1. The van der Waals surface area contributed by atoms with Gasteiger partial charge in [0.2, 0.25) is 0 Å². The SMILES string of the molecule is CC(C)/C=C(\CO)C[C@](C)(O)[C@@H]1CCCCN1. The molecule has 0 saturated carbocycles. The fourth-order valence-corrected chi connectivity index (χ4v) is 2.60. The topological polar surface area (TPSA) is 52.5 Å². The van der Waals surface area contributed by atoms with Crippen molar-refractivity contribution in [1.29, 1.82) is 0 Å². The van der Waals surface area contributed by atoms with Crippen LogP contribution in [0.2, 0.25) is 0 Å². The molecule has 1 fully saturated rings. The maximum absolute atomic E-state index is 10.5. The number of rotatable bonds is 5. The van der Waals surface area contributed by atoms with E-state index in [9.17, 15) is 10.2 Å². The van der Waals surface area contributed by atoms with Crippen LogP contribution in [0.4, 0.5) is 0 Å². The molecule has 0 spiro atoms. The first-order chi connectivity index (χ1) is 7.95. The molecule has 0 aliphatic carbocycles. The third-order valence-corrected chi connectivity index (χ3v) is 3.42. The average molecular weight is 241 g/mol. The zero-order valence-electron chi connectivity index (χ0n) is 11.4. The molecule has 17 heavy (non-hydrogen) atoms. The maximum Gasteiger partial charge on any atom is 0.0809 e. The van der Waals surface area contributed by atoms with Gasteiger partial charge in [0.15, 0.2) is 0 Å². The lowest BCUT2D eigenvalue weighted by atomic mass is 9.84. The normalized spacial score (nSPS) is 26.0. The minimum absolute atomic E-state index is 0.0427. The van der Waals surface area contributed by atoms with E-state index < -0.39 is 5.60 Å². The Hall–Kier alpha value is -0.380. The van der Waals surface area contributed by atoms with Gasteiger partial charge in [-0.1, -0.05) is 26.3 Å². The molecule has 1 aliphatic heterocycles. The van der Waals surface area contributed by atoms with Crippen LogP contribution in [0.25, 0.3) is 0 Å². The van der Waals surface area contributed by atoms with E-state index in [1.54, 1.807) is 0 Å². The van der Waals surface area contributed by atoms with Gasteiger partial charge in [0.05, 0.1) is 12.2 Å². The van der Waals surface area contributed by atoms with Gasteiger partial charge in [0.25, 0.3) is 0 Å². The summed E-state index contributed by atoms with van der Waals surface area (Å²) in [6.07, 6.45) is 6.00. The zero-order valence-corrected chi connectivity index (χ0v) is 11.4.